The number of rotatable bonds is 7. The molecule has 0 amide bonds. The maximum absolute atomic E-state index is 9.28. The maximum atomic E-state index is 9.28. The van der Waals surface area contributed by atoms with Crippen LogP contribution in [-0.4, -0.2) is 24.8 Å². The molecule has 92 valence electrons. The molecule has 0 fully saturated rings. The first-order chi connectivity index (χ1) is 6.77. The number of aliphatic hydroxyl groups excluding tert-OH is 1. The highest BCUT2D eigenvalue weighted by Gasteiger charge is 2.25. The Labute approximate surface area is 95.5 Å². The van der Waals surface area contributed by atoms with Gasteiger partial charge < -0.3 is 10.4 Å². The quantitative estimate of drug-likeness (QED) is 0.684. The van der Waals surface area contributed by atoms with Gasteiger partial charge in [0, 0.05) is 25.1 Å². The molecule has 0 heterocycles. The molecule has 0 aromatic heterocycles. The summed E-state index contributed by atoms with van der Waals surface area (Å²) >= 11 is 0. The molecule has 0 spiro atoms. The molecular weight excluding hydrogens is 186 g/mol. The maximum Gasteiger partial charge on any atom is 0.0496 e. The van der Waals surface area contributed by atoms with Gasteiger partial charge in [0.15, 0.2) is 0 Å². The summed E-state index contributed by atoms with van der Waals surface area (Å²) in [5, 5.41) is 12.8. The van der Waals surface area contributed by atoms with E-state index in [-0.39, 0.29) is 12.0 Å². The van der Waals surface area contributed by atoms with Crippen LogP contribution in [0.5, 0.6) is 0 Å². The molecule has 0 saturated heterocycles. The third-order valence-electron chi connectivity index (χ3n) is 3.93. The van der Waals surface area contributed by atoms with E-state index in [9.17, 15) is 5.11 Å². The first-order valence-corrected chi connectivity index (χ1v) is 6.09. The van der Waals surface area contributed by atoms with E-state index in [1.54, 1.807) is 0 Å². The van der Waals surface area contributed by atoms with Crippen LogP contribution in [0.4, 0.5) is 0 Å². The standard InChI is InChI=1S/C13H29NO/c1-7-13(6,10-15)9-14-8-12(4,5)11(2)3/h11,14-15H,7-10H2,1-6H3. The lowest BCUT2D eigenvalue weighted by Crippen LogP contribution is -2.40. The van der Waals surface area contributed by atoms with Crippen LogP contribution >= 0.6 is 0 Å². The van der Waals surface area contributed by atoms with E-state index < -0.39 is 0 Å². The van der Waals surface area contributed by atoms with Crippen molar-refractivity contribution in [2.75, 3.05) is 19.7 Å². The zero-order valence-corrected chi connectivity index (χ0v) is 11.4. The monoisotopic (exact) mass is 215 g/mol. The van der Waals surface area contributed by atoms with Crippen LogP contribution in [0.25, 0.3) is 0 Å². The van der Waals surface area contributed by atoms with E-state index in [0.29, 0.717) is 11.3 Å². The van der Waals surface area contributed by atoms with Crippen molar-refractivity contribution in [2.24, 2.45) is 16.7 Å². The normalized spacial score (nSPS) is 16.8. The minimum absolute atomic E-state index is 0.0348. The zero-order valence-electron chi connectivity index (χ0n) is 11.4. The smallest absolute Gasteiger partial charge is 0.0496 e. The van der Waals surface area contributed by atoms with E-state index in [4.69, 9.17) is 0 Å². The molecule has 2 nitrogen and oxygen atoms in total. The summed E-state index contributed by atoms with van der Waals surface area (Å²) in [5.74, 6) is 0.673. The van der Waals surface area contributed by atoms with Crippen molar-refractivity contribution in [2.45, 2.75) is 48.0 Å². The molecule has 0 radical (unpaired) electrons. The molecule has 0 bridgehead atoms. The fourth-order valence-electron chi connectivity index (χ4n) is 1.18. The molecule has 0 aromatic rings. The van der Waals surface area contributed by atoms with Crippen molar-refractivity contribution >= 4 is 0 Å². The highest BCUT2D eigenvalue weighted by molar-refractivity contribution is 4.79. The van der Waals surface area contributed by atoms with Gasteiger partial charge in [-0.2, -0.15) is 0 Å². The van der Waals surface area contributed by atoms with Crippen molar-refractivity contribution < 1.29 is 5.11 Å². The third-order valence-corrected chi connectivity index (χ3v) is 3.93. The number of hydrogen-bond acceptors (Lipinski definition) is 2. The predicted octanol–water partition coefficient (Wildman–Crippen LogP) is 2.67. The summed E-state index contributed by atoms with van der Waals surface area (Å²) in [6.45, 7) is 15.5. The van der Waals surface area contributed by atoms with Gasteiger partial charge in [-0.25, -0.2) is 0 Å². The highest BCUT2D eigenvalue weighted by Crippen LogP contribution is 2.25. The highest BCUT2D eigenvalue weighted by atomic mass is 16.3. The Hall–Kier alpha value is -0.0800. The molecule has 0 aromatic carbocycles. The van der Waals surface area contributed by atoms with E-state index >= 15 is 0 Å². The first kappa shape index (κ1) is 14.9. The summed E-state index contributed by atoms with van der Waals surface area (Å²) in [4.78, 5) is 0. The molecule has 15 heavy (non-hydrogen) atoms. The van der Waals surface area contributed by atoms with Crippen molar-refractivity contribution in [1.29, 1.82) is 0 Å². The van der Waals surface area contributed by atoms with Crippen molar-refractivity contribution in [3.8, 4) is 0 Å². The molecule has 0 aliphatic rings. The van der Waals surface area contributed by atoms with Crippen LogP contribution in [-0.2, 0) is 0 Å². The Kier molecular flexibility index (Phi) is 5.82. The Morgan fingerprint density at radius 2 is 1.67 bits per heavy atom. The van der Waals surface area contributed by atoms with Crippen molar-refractivity contribution in [3.63, 3.8) is 0 Å². The van der Waals surface area contributed by atoms with Gasteiger partial charge in [-0.15, -0.1) is 0 Å². The second-order valence-electron chi connectivity index (χ2n) is 6.07. The fourth-order valence-corrected chi connectivity index (χ4v) is 1.18. The second-order valence-corrected chi connectivity index (χ2v) is 6.07. The number of aliphatic hydroxyl groups is 1. The average Bonchev–Trinajstić information content (AvgIpc) is 2.17. The van der Waals surface area contributed by atoms with Crippen LogP contribution in [0.3, 0.4) is 0 Å². The minimum atomic E-state index is 0.0348. The average molecular weight is 215 g/mol. The summed E-state index contributed by atoms with van der Waals surface area (Å²) in [7, 11) is 0. The largest absolute Gasteiger partial charge is 0.396 e. The summed E-state index contributed by atoms with van der Waals surface area (Å²) < 4.78 is 0. The van der Waals surface area contributed by atoms with Crippen LogP contribution in [0.2, 0.25) is 0 Å². The lowest BCUT2D eigenvalue weighted by Gasteiger charge is -2.32. The molecule has 1 atom stereocenters. The van der Waals surface area contributed by atoms with E-state index in [0.717, 1.165) is 19.5 Å². The summed E-state index contributed by atoms with van der Waals surface area (Å²) in [6, 6.07) is 0. The van der Waals surface area contributed by atoms with Gasteiger partial charge >= 0.3 is 0 Å². The molecule has 0 rings (SSSR count). The van der Waals surface area contributed by atoms with Crippen LogP contribution in [0.1, 0.15) is 48.0 Å². The lowest BCUT2D eigenvalue weighted by atomic mass is 9.80. The predicted molar refractivity (Wildman–Crippen MR) is 67.0 cm³/mol. The van der Waals surface area contributed by atoms with Crippen LogP contribution < -0.4 is 5.32 Å². The molecule has 0 saturated carbocycles. The minimum Gasteiger partial charge on any atom is -0.396 e. The first-order valence-electron chi connectivity index (χ1n) is 6.09. The molecule has 1 unspecified atom stereocenters. The Bertz CT molecular complexity index is 167. The van der Waals surface area contributed by atoms with Gasteiger partial charge in [0.1, 0.15) is 0 Å². The SMILES string of the molecule is CCC(C)(CO)CNCC(C)(C)C(C)C. The van der Waals surface area contributed by atoms with Gasteiger partial charge in [-0.3, -0.25) is 0 Å². The Morgan fingerprint density at radius 3 is 2.00 bits per heavy atom. The lowest BCUT2D eigenvalue weighted by molar-refractivity contribution is 0.127. The van der Waals surface area contributed by atoms with Gasteiger partial charge in [-0.1, -0.05) is 41.5 Å². The topological polar surface area (TPSA) is 32.3 Å². The van der Waals surface area contributed by atoms with Gasteiger partial charge in [0.2, 0.25) is 0 Å². The number of nitrogens with one attached hydrogen (secondary N) is 1. The molecule has 0 aliphatic heterocycles. The summed E-state index contributed by atoms with van der Waals surface area (Å²) in [5.41, 5.74) is 0.358. The van der Waals surface area contributed by atoms with Gasteiger partial charge in [0.05, 0.1) is 0 Å². The van der Waals surface area contributed by atoms with Crippen molar-refractivity contribution in [1.82, 2.24) is 5.32 Å². The molecule has 2 heteroatoms. The Balaban J connectivity index is 3.98. The molecule has 2 N–H and O–H groups in total. The van der Waals surface area contributed by atoms with Crippen LogP contribution in [0.15, 0.2) is 0 Å². The van der Waals surface area contributed by atoms with Crippen molar-refractivity contribution in [3.05, 3.63) is 0 Å². The van der Waals surface area contributed by atoms with Gasteiger partial charge in [0.25, 0.3) is 0 Å². The van der Waals surface area contributed by atoms with Crippen LogP contribution in [0, 0.1) is 16.7 Å². The fraction of sp³-hybridized carbons (Fsp3) is 1.00. The van der Waals surface area contributed by atoms with E-state index in [1.165, 1.54) is 0 Å². The zero-order chi connectivity index (χ0) is 12.1. The third kappa shape index (κ3) is 4.98. The van der Waals surface area contributed by atoms with Gasteiger partial charge in [-0.05, 0) is 17.8 Å². The Morgan fingerprint density at radius 1 is 1.13 bits per heavy atom. The van der Waals surface area contributed by atoms with E-state index in [1.807, 2.05) is 0 Å². The summed E-state index contributed by atoms with van der Waals surface area (Å²) in [6.07, 6.45) is 1.01. The number of hydrogen-bond donors (Lipinski definition) is 2. The van der Waals surface area contributed by atoms with E-state index in [2.05, 4.69) is 46.9 Å². The second kappa shape index (κ2) is 5.86. The molecular formula is C13H29NO. The molecule has 0 aliphatic carbocycles.